The average Bonchev–Trinajstić information content (AvgIpc) is 2.87. The number of nitrogens with two attached hydrogens (primary N) is 1. The lowest BCUT2D eigenvalue weighted by atomic mass is 10.1. The minimum absolute atomic E-state index is 0.472. The van der Waals surface area contributed by atoms with E-state index in [0.29, 0.717) is 5.02 Å². The first kappa shape index (κ1) is 12.4. The van der Waals surface area contributed by atoms with Crippen LogP contribution < -0.4 is 5.73 Å². The second kappa shape index (κ2) is 3.70. The lowest BCUT2D eigenvalue weighted by Crippen LogP contribution is -2.28. The first-order valence-electron chi connectivity index (χ1n) is 4.95. The van der Waals surface area contributed by atoms with E-state index in [2.05, 4.69) is 0 Å². The first-order chi connectivity index (χ1) is 7.80. The van der Waals surface area contributed by atoms with E-state index in [1.54, 1.807) is 24.3 Å². The van der Waals surface area contributed by atoms with Gasteiger partial charge in [0.15, 0.2) is 9.84 Å². The molecule has 6 heteroatoms. The molecule has 1 fully saturated rings. The van der Waals surface area contributed by atoms with Crippen LogP contribution in [0.3, 0.4) is 0 Å². The van der Waals surface area contributed by atoms with Crippen LogP contribution in [0.2, 0.25) is 5.02 Å². The normalized spacial score (nSPS) is 31.9. The number of hydrogen-bond acceptors (Lipinski definition) is 4. The van der Waals surface area contributed by atoms with E-state index in [4.69, 9.17) is 22.6 Å². The van der Waals surface area contributed by atoms with E-state index in [9.17, 15) is 8.42 Å². The fourth-order valence-corrected chi connectivity index (χ4v) is 4.06. The topological polar surface area (TPSA) is 83.9 Å². The predicted molar refractivity (Wildman–Crippen MR) is 65.4 cm³/mol. The van der Waals surface area contributed by atoms with Crippen LogP contribution in [-0.2, 0) is 9.84 Å². The van der Waals surface area contributed by atoms with Crippen LogP contribution in [0.5, 0.6) is 0 Å². The second-order valence-electron chi connectivity index (χ2n) is 4.32. The number of halogens is 1. The number of nitriles is 1. The van der Waals surface area contributed by atoms with Crippen molar-refractivity contribution in [3.8, 4) is 6.07 Å². The molecule has 4 nitrogen and oxygen atoms in total. The molecule has 3 atom stereocenters. The summed E-state index contributed by atoms with van der Waals surface area (Å²) in [5, 5.41) is 8.75. The summed E-state index contributed by atoms with van der Waals surface area (Å²) in [4.78, 5) is 0. The van der Waals surface area contributed by atoms with Gasteiger partial charge in [0.25, 0.3) is 0 Å². The third kappa shape index (κ3) is 1.93. The van der Waals surface area contributed by atoms with Crippen molar-refractivity contribution >= 4 is 21.4 Å². The molecule has 1 aromatic rings. The molecule has 1 aliphatic carbocycles. The quantitative estimate of drug-likeness (QED) is 0.871. The van der Waals surface area contributed by atoms with E-state index < -0.39 is 26.5 Å². The molecular weight excluding hydrogens is 260 g/mol. The van der Waals surface area contributed by atoms with Gasteiger partial charge in [-0.25, -0.2) is 8.42 Å². The van der Waals surface area contributed by atoms with Gasteiger partial charge in [-0.3, -0.25) is 0 Å². The maximum atomic E-state index is 11.6. The Hall–Kier alpha value is -1.09. The summed E-state index contributed by atoms with van der Waals surface area (Å²) in [6.07, 6.45) is 1.10. The highest BCUT2D eigenvalue weighted by atomic mass is 35.5. The molecule has 1 aromatic carbocycles. The van der Waals surface area contributed by atoms with Crippen molar-refractivity contribution in [1.29, 1.82) is 5.26 Å². The summed E-state index contributed by atoms with van der Waals surface area (Å²) in [5.74, 6) is -0.472. The van der Waals surface area contributed by atoms with E-state index in [1.165, 1.54) is 0 Å². The van der Waals surface area contributed by atoms with E-state index >= 15 is 0 Å². The highest BCUT2D eigenvalue weighted by Crippen LogP contribution is 2.53. The molecular formula is C11H11ClN2O2S. The summed E-state index contributed by atoms with van der Waals surface area (Å²) in [6.45, 7) is 0. The molecule has 17 heavy (non-hydrogen) atoms. The van der Waals surface area contributed by atoms with Crippen LogP contribution in [-0.4, -0.2) is 25.5 Å². The molecule has 0 unspecified atom stereocenters. The van der Waals surface area contributed by atoms with Crippen molar-refractivity contribution in [2.75, 3.05) is 6.26 Å². The molecule has 90 valence electrons. The van der Waals surface area contributed by atoms with Crippen molar-refractivity contribution in [3.63, 3.8) is 0 Å². The largest absolute Gasteiger partial charge is 0.312 e. The zero-order valence-corrected chi connectivity index (χ0v) is 10.7. The molecule has 0 aromatic heterocycles. The monoisotopic (exact) mass is 270 g/mol. The number of hydrogen-bond donors (Lipinski definition) is 1. The van der Waals surface area contributed by atoms with Gasteiger partial charge in [0.05, 0.1) is 6.07 Å². The Morgan fingerprint density at radius 3 is 2.29 bits per heavy atom. The van der Waals surface area contributed by atoms with Crippen molar-refractivity contribution < 1.29 is 8.42 Å². The molecule has 0 amide bonds. The minimum atomic E-state index is -3.34. The Bertz CT molecular complexity index is 591. The van der Waals surface area contributed by atoms with E-state index in [1.807, 2.05) is 6.07 Å². The predicted octanol–water partition coefficient (Wildman–Crippen LogP) is 1.07. The number of rotatable bonds is 2. The number of benzene rings is 1. The Kier molecular flexibility index (Phi) is 2.69. The minimum Gasteiger partial charge on any atom is -0.312 e. The van der Waals surface area contributed by atoms with Crippen LogP contribution in [0.1, 0.15) is 11.5 Å². The molecule has 0 saturated heterocycles. The van der Waals surface area contributed by atoms with Gasteiger partial charge < -0.3 is 5.73 Å². The maximum Gasteiger partial charge on any atom is 0.153 e. The highest BCUT2D eigenvalue weighted by molar-refractivity contribution is 7.91. The molecule has 2 N–H and O–H groups in total. The Labute approximate surface area is 105 Å². The second-order valence-corrected chi connectivity index (χ2v) is 6.93. The average molecular weight is 271 g/mol. The molecule has 1 saturated carbocycles. The Morgan fingerprint density at radius 2 is 1.94 bits per heavy atom. The molecule has 0 radical (unpaired) electrons. The summed E-state index contributed by atoms with van der Waals surface area (Å²) in [7, 11) is -3.34. The van der Waals surface area contributed by atoms with Gasteiger partial charge in [-0.05, 0) is 17.7 Å². The molecule has 0 bridgehead atoms. The smallest absolute Gasteiger partial charge is 0.153 e. The van der Waals surface area contributed by atoms with Gasteiger partial charge >= 0.3 is 0 Å². The van der Waals surface area contributed by atoms with Gasteiger partial charge in [0.1, 0.15) is 10.8 Å². The summed E-state index contributed by atoms with van der Waals surface area (Å²) in [6, 6.07) is 8.63. The van der Waals surface area contributed by atoms with Gasteiger partial charge in [-0.15, -0.1) is 0 Å². The summed E-state index contributed by atoms with van der Waals surface area (Å²) >= 11 is 5.75. The van der Waals surface area contributed by atoms with E-state index in [0.717, 1.165) is 11.8 Å². The van der Waals surface area contributed by atoms with Gasteiger partial charge in [0, 0.05) is 17.2 Å². The summed E-state index contributed by atoms with van der Waals surface area (Å²) in [5.41, 5.74) is 5.23. The number of sulfone groups is 1. The fraction of sp³-hybridized carbons (Fsp3) is 0.364. The molecule has 0 aliphatic heterocycles. The van der Waals surface area contributed by atoms with Gasteiger partial charge in [-0.2, -0.15) is 5.26 Å². The highest BCUT2D eigenvalue weighted by Gasteiger charge is 2.69. The lowest BCUT2D eigenvalue weighted by molar-refractivity contribution is 0.597. The van der Waals surface area contributed by atoms with Crippen molar-refractivity contribution in [1.82, 2.24) is 0 Å². The fourth-order valence-electron chi connectivity index (χ4n) is 2.23. The zero-order chi connectivity index (χ0) is 12.8. The summed E-state index contributed by atoms with van der Waals surface area (Å²) < 4.78 is 23.1. The van der Waals surface area contributed by atoms with Crippen molar-refractivity contribution in [2.24, 2.45) is 5.73 Å². The Morgan fingerprint density at radius 1 is 1.41 bits per heavy atom. The molecule has 2 rings (SSSR count). The van der Waals surface area contributed by atoms with Crippen LogP contribution in [0.15, 0.2) is 24.3 Å². The van der Waals surface area contributed by atoms with Crippen LogP contribution in [0.25, 0.3) is 0 Å². The SMILES string of the molecule is CS(=O)(=O)[C@@H]1[C@@H](c2ccc(Cl)cc2)[C@@]1(N)C#N. The third-order valence-corrected chi connectivity index (χ3v) is 4.90. The molecule has 0 spiro atoms. The van der Waals surface area contributed by atoms with Crippen molar-refractivity contribution in [2.45, 2.75) is 16.7 Å². The van der Waals surface area contributed by atoms with Gasteiger partial charge in [-0.1, -0.05) is 23.7 Å². The number of nitrogens with zero attached hydrogens (tertiary/aromatic N) is 1. The zero-order valence-electron chi connectivity index (χ0n) is 9.09. The van der Waals surface area contributed by atoms with Crippen LogP contribution >= 0.6 is 11.6 Å². The Balaban J connectivity index is 2.42. The van der Waals surface area contributed by atoms with Crippen molar-refractivity contribution in [3.05, 3.63) is 34.9 Å². The standard InChI is InChI=1S/C11H11ClN2O2S/c1-17(15,16)10-9(11(10,14)6-13)7-2-4-8(12)5-3-7/h2-5,9-10H,14H2,1H3/t9-,10-,11+/m1/s1. The van der Waals surface area contributed by atoms with E-state index in [-0.39, 0.29) is 0 Å². The first-order valence-corrected chi connectivity index (χ1v) is 7.28. The molecule has 0 heterocycles. The lowest BCUT2D eigenvalue weighted by Gasteiger charge is -2.00. The van der Waals surface area contributed by atoms with Gasteiger partial charge in [0.2, 0.25) is 0 Å². The maximum absolute atomic E-state index is 11.6. The van der Waals surface area contributed by atoms with Crippen LogP contribution in [0, 0.1) is 11.3 Å². The molecule has 1 aliphatic rings. The van der Waals surface area contributed by atoms with Crippen LogP contribution in [0.4, 0.5) is 0 Å². The third-order valence-electron chi connectivity index (χ3n) is 3.06.